The molecule has 1 aliphatic rings. The van der Waals surface area contributed by atoms with E-state index in [0.717, 1.165) is 0 Å². The fourth-order valence-electron chi connectivity index (χ4n) is 2.15. The minimum absolute atomic E-state index is 1.20. The molecule has 1 aromatic carbocycles. The molecule has 0 fully saturated rings. The molecule has 1 heteroatoms. The summed E-state index contributed by atoms with van der Waals surface area (Å²) in [5.41, 5.74) is 5.92. The molecule has 13 heavy (non-hydrogen) atoms. The van der Waals surface area contributed by atoms with Crippen molar-refractivity contribution in [2.24, 2.45) is 0 Å². The van der Waals surface area contributed by atoms with Crippen LogP contribution in [-0.4, -0.2) is 13.6 Å². The predicted molar refractivity (Wildman–Crippen MR) is 56.8 cm³/mol. The second kappa shape index (κ2) is 3.15. The van der Waals surface area contributed by atoms with E-state index >= 15 is 0 Å². The van der Waals surface area contributed by atoms with E-state index in [0.29, 0.717) is 0 Å². The highest BCUT2D eigenvalue weighted by Crippen LogP contribution is 2.29. The van der Waals surface area contributed by atoms with Crippen molar-refractivity contribution in [1.29, 1.82) is 0 Å². The molecule has 1 aromatic rings. The second-order valence-corrected chi connectivity index (χ2v) is 4.03. The Morgan fingerprint density at radius 1 is 1.23 bits per heavy atom. The van der Waals surface area contributed by atoms with Gasteiger partial charge in [-0.05, 0) is 31.4 Å². The summed E-state index contributed by atoms with van der Waals surface area (Å²) >= 11 is 0. The zero-order valence-corrected chi connectivity index (χ0v) is 8.72. The first-order valence-electron chi connectivity index (χ1n) is 5.00. The minimum atomic E-state index is 1.20. The Balaban J connectivity index is 2.56. The van der Waals surface area contributed by atoms with Crippen LogP contribution in [0.25, 0.3) is 0 Å². The molecule has 0 unspecified atom stereocenters. The largest absolute Gasteiger partial charge is 0.184 e. The van der Waals surface area contributed by atoms with Crippen LogP contribution in [0.15, 0.2) is 12.1 Å². The first-order chi connectivity index (χ1) is 6.20. The lowest BCUT2D eigenvalue weighted by molar-refractivity contribution is 0.556. The summed E-state index contributed by atoms with van der Waals surface area (Å²) in [5.74, 6) is 0. The van der Waals surface area contributed by atoms with Crippen molar-refractivity contribution < 1.29 is 0 Å². The monoisotopic (exact) mass is 175 g/mol. The zero-order valence-electron chi connectivity index (χ0n) is 8.72. The van der Waals surface area contributed by atoms with Gasteiger partial charge in [-0.2, -0.15) is 0 Å². The van der Waals surface area contributed by atoms with Crippen molar-refractivity contribution >= 4 is 5.69 Å². The standard InChI is InChI=1S/C12H17N/c1-9-6-7-12-11(10(9)2)5-4-8-13(12)3/h6-7H,4-5,8H2,1-3H3/q+1. The first kappa shape index (κ1) is 8.76. The second-order valence-electron chi connectivity index (χ2n) is 4.03. The third-order valence-electron chi connectivity index (χ3n) is 3.18. The van der Waals surface area contributed by atoms with Crippen molar-refractivity contribution in [2.75, 3.05) is 13.6 Å². The summed E-state index contributed by atoms with van der Waals surface area (Å²) in [4.78, 5) is 2.37. The van der Waals surface area contributed by atoms with Crippen LogP contribution in [-0.2, 0) is 6.42 Å². The van der Waals surface area contributed by atoms with Crippen LogP contribution in [0.5, 0.6) is 0 Å². The van der Waals surface area contributed by atoms with Crippen LogP contribution in [0, 0.1) is 13.8 Å². The molecule has 0 spiro atoms. The van der Waals surface area contributed by atoms with E-state index in [1.54, 1.807) is 5.56 Å². The van der Waals surface area contributed by atoms with Crippen molar-refractivity contribution in [3.63, 3.8) is 0 Å². The lowest BCUT2D eigenvalue weighted by atomic mass is 9.94. The Labute approximate surface area is 80.4 Å². The van der Waals surface area contributed by atoms with Gasteiger partial charge in [-0.3, -0.25) is 0 Å². The molecule has 0 saturated heterocycles. The lowest BCUT2D eigenvalue weighted by Crippen LogP contribution is -2.26. The van der Waals surface area contributed by atoms with Gasteiger partial charge in [0.15, 0.2) is 5.69 Å². The van der Waals surface area contributed by atoms with Crippen LogP contribution >= 0.6 is 0 Å². The molecule has 0 N–H and O–H groups in total. The number of benzene rings is 1. The van der Waals surface area contributed by atoms with E-state index in [-0.39, 0.29) is 0 Å². The van der Waals surface area contributed by atoms with Gasteiger partial charge in [-0.25, -0.2) is 0 Å². The van der Waals surface area contributed by atoms with Crippen LogP contribution in [0.2, 0.25) is 0 Å². The summed E-state index contributed by atoms with van der Waals surface area (Å²) < 4.78 is 0. The molecule has 69 valence electrons. The van der Waals surface area contributed by atoms with E-state index in [2.05, 4.69) is 37.9 Å². The quantitative estimate of drug-likeness (QED) is 0.535. The SMILES string of the molecule is Cc1ccc2c(c1C)CCC[N+]2C. The van der Waals surface area contributed by atoms with Gasteiger partial charge in [0, 0.05) is 18.1 Å². The summed E-state index contributed by atoms with van der Waals surface area (Å²) in [7, 11) is 2.19. The molecule has 1 aliphatic heterocycles. The molecule has 0 bridgehead atoms. The van der Waals surface area contributed by atoms with Gasteiger partial charge in [-0.1, -0.05) is 6.07 Å². The van der Waals surface area contributed by atoms with Gasteiger partial charge in [0.2, 0.25) is 0 Å². The minimum Gasteiger partial charge on any atom is -0.137 e. The van der Waals surface area contributed by atoms with Gasteiger partial charge in [-0.15, -0.1) is 4.90 Å². The topological polar surface area (TPSA) is 5.90 Å². The fraction of sp³-hybridized carbons (Fsp3) is 0.500. The number of fused-ring (bicyclic) bond motifs is 1. The Kier molecular flexibility index (Phi) is 2.12. The molecule has 1 heterocycles. The normalized spacial score (nSPS) is 17.2. The van der Waals surface area contributed by atoms with Crippen molar-refractivity contribution in [3.8, 4) is 0 Å². The van der Waals surface area contributed by atoms with Gasteiger partial charge in [0.25, 0.3) is 0 Å². The average molecular weight is 175 g/mol. The van der Waals surface area contributed by atoms with E-state index < -0.39 is 0 Å². The van der Waals surface area contributed by atoms with Crippen LogP contribution in [0.1, 0.15) is 23.1 Å². The fourth-order valence-corrected chi connectivity index (χ4v) is 2.15. The lowest BCUT2D eigenvalue weighted by Gasteiger charge is -2.19. The van der Waals surface area contributed by atoms with E-state index in [1.165, 1.54) is 36.2 Å². The number of aryl methyl sites for hydroxylation is 1. The van der Waals surface area contributed by atoms with Crippen LogP contribution in [0.4, 0.5) is 5.69 Å². The maximum absolute atomic E-state index is 2.37. The Morgan fingerprint density at radius 2 is 2.00 bits per heavy atom. The predicted octanol–water partition coefficient (Wildman–Crippen LogP) is 2.65. The van der Waals surface area contributed by atoms with Gasteiger partial charge < -0.3 is 0 Å². The summed E-state index contributed by atoms with van der Waals surface area (Å²) in [6, 6.07) is 4.49. The number of hydrogen-bond acceptors (Lipinski definition) is 1. The van der Waals surface area contributed by atoms with Crippen molar-refractivity contribution in [2.45, 2.75) is 26.7 Å². The molecule has 0 amide bonds. The third-order valence-corrected chi connectivity index (χ3v) is 3.18. The number of anilines is 1. The maximum atomic E-state index is 2.37. The first-order valence-corrected chi connectivity index (χ1v) is 5.00. The number of nitrogens with zero attached hydrogens (tertiary/aromatic N) is 1. The van der Waals surface area contributed by atoms with Crippen LogP contribution < -0.4 is 4.90 Å². The highest BCUT2D eigenvalue weighted by Gasteiger charge is 2.24. The van der Waals surface area contributed by atoms with Crippen molar-refractivity contribution in [1.82, 2.24) is 4.90 Å². The van der Waals surface area contributed by atoms with Crippen LogP contribution in [0.3, 0.4) is 0 Å². The summed E-state index contributed by atoms with van der Waals surface area (Å²) in [6.45, 7) is 5.65. The van der Waals surface area contributed by atoms with E-state index in [4.69, 9.17) is 0 Å². The number of rotatable bonds is 0. The molecule has 1 nitrogen and oxygen atoms in total. The Morgan fingerprint density at radius 3 is 2.77 bits per heavy atom. The molecule has 2 rings (SSSR count). The summed E-state index contributed by atoms with van der Waals surface area (Å²) in [6.07, 6.45) is 2.56. The highest BCUT2D eigenvalue weighted by atomic mass is 15.1. The molecular weight excluding hydrogens is 158 g/mol. The Bertz CT molecular complexity index is 328. The van der Waals surface area contributed by atoms with Gasteiger partial charge >= 0.3 is 0 Å². The van der Waals surface area contributed by atoms with E-state index in [1.807, 2.05) is 0 Å². The number of hydrogen-bond donors (Lipinski definition) is 0. The highest BCUT2D eigenvalue weighted by molar-refractivity contribution is 5.54. The molecule has 0 atom stereocenters. The van der Waals surface area contributed by atoms with E-state index in [9.17, 15) is 0 Å². The molecule has 0 aromatic heterocycles. The van der Waals surface area contributed by atoms with Crippen molar-refractivity contribution in [3.05, 3.63) is 28.8 Å². The smallest absolute Gasteiger partial charge is 0.137 e. The third kappa shape index (κ3) is 1.37. The summed E-state index contributed by atoms with van der Waals surface area (Å²) in [5, 5.41) is 0. The average Bonchev–Trinajstić information content (AvgIpc) is 2.12. The molecule has 1 radical (unpaired) electrons. The zero-order chi connectivity index (χ0) is 9.42. The Hall–Kier alpha value is -0.820. The molecule has 0 aliphatic carbocycles. The molecular formula is C12H17N+. The molecule has 0 saturated carbocycles. The van der Waals surface area contributed by atoms with Gasteiger partial charge in [0.05, 0.1) is 0 Å². The maximum Gasteiger partial charge on any atom is 0.184 e. The van der Waals surface area contributed by atoms with Gasteiger partial charge in [0.1, 0.15) is 13.6 Å².